The zero-order valence-electron chi connectivity index (χ0n) is 17.8. The normalized spacial score (nSPS) is 12.0. The number of benzene rings is 4. The van der Waals surface area contributed by atoms with Gasteiger partial charge in [-0.05, 0) is 47.0 Å². The third-order valence-electron chi connectivity index (χ3n) is 5.73. The lowest BCUT2D eigenvalue weighted by Gasteiger charge is -2.31. The van der Waals surface area contributed by atoms with Crippen LogP contribution >= 0.6 is 0 Å². The predicted octanol–water partition coefficient (Wildman–Crippen LogP) is 6.16. The highest BCUT2D eigenvalue weighted by molar-refractivity contribution is 5.98. The first-order valence-electron chi connectivity index (χ1n) is 10.6. The van der Waals surface area contributed by atoms with Crippen molar-refractivity contribution in [1.82, 2.24) is 0 Å². The molecule has 1 aliphatic rings. The second-order valence-electron chi connectivity index (χ2n) is 7.78. The molecular formula is C28H23NO3. The molecule has 0 saturated carbocycles. The number of esters is 1. The van der Waals surface area contributed by atoms with Crippen LogP contribution in [-0.2, 0) is 13.0 Å². The summed E-state index contributed by atoms with van der Waals surface area (Å²) >= 11 is 0. The van der Waals surface area contributed by atoms with Crippen molar-refractivity contribution in [2.45, 2.75) is 13.0 Å². The smallest absolute Gasteiger partial charge is 0.347 e. The Bertz CT molecular complexity index is 1250. The van der Waals surface area contributed by atoms with Crippen molar-refractivity contribution in [3.63, 3.8) is 0 Å². The Morgan fingerprint density at radius 1 is 0.812 bits per heavy atom. The molecule has 32 heavy (non-hydrogen) atoms. The SMILES string of the molecule is CN1c2ccccc2Cc2c1ccc(OCc1ccccc1)c2C(=O)Oc1ccccc1. The minimum atomic E-state index is -0.413. The van der Waals surface area contributed by atoms with E-state index in [-0.39, 0.29) is 0 Å². The van der Waals surface area contributed by atoms with Crippen molar-refractivity contribution in [1.29, 1.82) is 0 Å². The second-order valence-corrected chi connectivity index (χ2v) is 7.78. The van der Waals surface area contributed by atoms with Crippen LogP contribution in [0, 0.1) is 0 Å². The highest BCUT2D eigenvalue weighted by Crippen LogP contribution is 2.42. The number of nitrogens with zero attached hydrogens (tertiary/aromatic N) is 1. The van der Waals surface area contributed by atoms with Crippen LogP contribution in [0.25, 0.3) is 0 Å². The molecule has 0 amide bonds. The first-order chi connectivity index (χ1) is 15.7. The lowest BCUT2D eigenvalue weighted by Crippen LogP contribution is -2.23. The molecule has 0 atom stereocenters. The summed E-state index contributed by atoms with van der Waals surface area (Å²) in [5, 5.41) is 0. The Kier molecular flexibility index (Phi) is 5.34. The van der Waals surface area contributed by atoms with E-state index in [9.17, 15) is 4.79 Å². The van der Waals surface area contributed by atoms with E-state index in [1.807, 2.05) is 79.8 Å². The summed E-state index contributed by atoms with van der Waals surface area (Å²) in [5.41, 5.74) is 5.71. The van der Waals surface area contributed by atoms with E-state index in [1.54, 1.807) is 12.1 Å². The monoisotopic (exact) mass is 421 g/mol. The summed E-state index contributed by atoms with van der Waals surface area (Å²) in [5.74, 6) is 0.624. The number of hydrogen-bond donors (Lipinski definition) is 0. The zero-order chi connectivity index (χ0) is 21.9. The zero-order valence-corrected chi connectivity index (χ0v) is 17.8. The quantitative estimate of drug-likeness (QED) is 0.286. The van der Waals surface area contributed by atoms with Crippen LogP contribution in [-0.4, -0.2) is 13.0 Å². The minimum Gasteiger partial charge on any atom is -0.488 e. The van der Waals surface area contributed by atoms with Gasteiger partial charge < -0.3 is 14.4 Å². The number of para-hydroxylation sites is 2. The predicted molar refractivity (Wildman–Crippen MR) is 126 cm³/mol. The molecular weight excluding hydrogens is 398 g/mol. The molecule has 158 valence electrons. The Balaban J connectivity index is 1.56. The number of rotatable bonds is 5. The lowest BCUT2D eigenvalue weighted by molar-refractivity contribution is 0.0728. The van der Waals surface area contributed by atoms with E-state index < -0.39 is 5.97 Å². The molecule has 0 aromatic heterocycles. The molecule has 1 aliphatic heterocycles. The van der Waals surface area contributed by atoms with Crippen LogP contribution in [0.3, 0.4) is 0 Å². The van der Waals surface area contributed by atoms with E-state index in [0.717, 1.165) is 28.1 Å². The molecule has 0 N–H and O–H groups in total. The van der Waals surface area contributed by atoms with Gasteiger partial charge in [-0.1, -0.05) is 66.7 Å². The fourth-order valence-electron chi connectivity index (χ4n) is 4.14. The molecule has 4 aromatic carbocycles. The van der Waals surface area contributed by atoms with Gasteiger partial charge in [0.15, 0.2) is 0 Å². The highest BCUT2D eigenvalue weighted by atomic mass is 16.5. The van der Waals surface area contributed by atoms with E-state index in [4.69, 9.17) is 9.47 Å². The van der Waals surface area contributed by atoms with Crippen LogP contribution < -0.4 is 14.4 Å². The van der Waals surface area contributed by atoms with Crippen LogP contribution in [0.4, 0.5) is 11.4 Å². The van der Waals surface area contributed by atoms with Crippen molar-refractivity contribution in [3.05, 3.63) is 119 Å². The lowest BCUT2D eigenvalue weighted by atomic mass is 9.91. The summed E-state index contributed by atoms with van der Waals surface area (Å²) in [4.78, 5) is 15.5. The van der Waals surface area contributed by atoms with Crippen LogP contribution in [0.15, 0.2) is 97.1 Å². The molecule has 0 unspecified atom stereocenters. The van der Waals surface area contributed by atoms with Gasteiger partial charge in [0.05, 0.1) is 0 Å². The van der Waals surface area contributed by atoms with E-state index >= 15 is 0 Å². The van der Waals surface area contributed by atoms with Crippen molar-refractivity contribution >= 4 is 17.3 Å². The molecule has 0 fully saturated rings. The maximum atomic E-state index is 13.4. The van der Waals surface area contributed by atoms with Gasteiger partial charge in [-0.2, -0.15) is 0 Å². The second kappa shape index (κ2) is 8.60. The first kappa shape index (κ1) is 19.9. The summed E-state index contributed by atoms with van der Waals surface area (Å²) < 4.78 is 11.9. The topological polar surface area (TPSA) is 38.8 Å². The largest absolute Gasteiger partial charge is 0.488 e. The molecule has 0 spiro atoms. The Morgan fingerprint density at radius 3 is 2.28 bits per heavy atom. The van der Waals surface area contributed by atoms with Crippen LogP contribution in [0.1, 0.15) is 27.0 Å². The Hall–Kier alpha value is -4.05. The Morgan fingerprint density at radius 2 is 1.50 bits per heavy atom. The molecule has 5 rings (SSSR count). The van der Waals surface area contributed by atoms with Crippen molar-refractivity contribution in [2.24, 2.45) is 0 Å². The van der Waals surface area contributed by atoms with Gasteiger partial charge in [0, 0.05) is 24.8 Å². The molecule has 4 heteroatoms. The van der Waals surface area contributed by atoms with Gasteiger partial charge in [-0.25, -0.2) is 4.79 Å². The van der Waals surface area contributed by atoms with Crippen LogP contribution in [0.5, 0.6) is 11.5 Å². The highest BCUT2D eigenvalue weighted by Gasteiger charge is 2.28. The van der Waals surface area contributed by atoms with Gasteiger partial charge in [0.2, 0.25) is 0 Å². The summed E-state index contributed by atoms with van der Waals surface area (Å²) in [7, 11) is 2.02. The number of carbonyl (C=O) groups excluding carboxylic acids is 1. The number of anilines is 2. The fourth-order valence-corrected chi connectivity index (χ4v) is 4.14. The summed E-state index contributed by atoms with van der Waals surface area (Å²) in [6.07, 6.45) is 0.637. The van der Waals surface area contributed by atoms with Gasteiger partial charge in [-0.15, -0.1) is 0 Å². The fraction of sp³-hybridized carbons (Fsp3) is 0.107. The molecule has 1 heterocycles. The van der Waals surface area contributed by atoms with E-state index in [2.05, 4.69) is 17.0 Å². The first-order valence-corrected chi connectivity index (χ1v) is 10.6. The third kappa shape index (κ3) is 3.83. The molecule has 4 nitrogen and oxygen atoms in total. The van der Waals surface area contributed by atoms with Crippen LogP contribution in [0.2, 0.25) is 0 Å². The average Bonchev–Trinajstić information content (AvgIpc) is 2.84. The number of hydrogen-bond acceptors (Lipinski definition) is 4. The van der Waals surface area contributed by atoms with Crippen molar-refractivity contribution in [2.75, 3.05) is 11.9 Å². The summed E-state index contributed by atoms with van der Waals surface area (Å²) in [6, 6.07) is 31.2. The minimum absolute atomic E-state index is 0.373. The standard InChI is InChI=1S/C28H23NO3/c1-29-24-15-9-8-12-21(24)18-23-25(29)16-17-26(31-19-20-10-4-2-5-11-20)27(23)28(30)32-22-13-6-3-7-14-22/h2-17H,18-19H2,1H3. The van der Waals surface area contributed by atoms with Gasteiger partial charge >= 0.3 is 5.97 Å². The van der Waals surface area contributed by atoms with Gasteiger partial charge in [-0.3, -0.25) is 0 Å². The van der Waals surface area contributed by atoms with Gasteiger partial charge in [0.25, 0.3) is 0 Å². The van der Waals surface area contributed by atoms with E-state index in [1.165, 1.54) is 0 Å². The number of fused-ring (bicyclic) bond motifs is 2. The molecule has 0 radical (unpaired) electrons. The summed E-state index contributed by atoms with van der Waals surface area (Å²) in [6.45, 7) is 0.373. The molecule has 4 aromatic rings. The number of carbonyl (C=O) groups is 1. The molecule has 0 saturated heterocycles. The van der Waals surface area contributed by atoms with Crippen molar-refractivity contribution in [3.8, 4) is 11.5 Å². The molecule has 0 aliphatic carbocycles. The number of ether oxygens (including phenoxy) is 2. The maximum Gasteiger partial charge on any atom is 0.347 e. The average molecular weight is 421 g/mol. The van der Waals surface area contributed by atoms with E-state index in [0.29, 0.717) is 30.1 Å². The molecule has 0 bridgehead atoms. The third-order valence-corrected chi connectivity index (χ3v) is 5.73. The van der Waals surface area contributed by atoms with Crippen molar-refractivity contribution < 1.29 is 14.3 Å². The Labute approximate surface area is 187 Å². The van der Waals surface area contributed by atoms with Gasteiger partial charge in [0.1, 0.15) is 23.7 Å². The maximum absolute atomic E-state index is 13.4.